The van der Waals surface area contributed by atoms with E-state index in [0.29, 0.717) is 22.8 Å². The molecule has 2 aromatic rings. The second kappa shape index (κ2) is 6.99. The van der Waals surface area contributed by atoms with Crippen molar-refractivity contribution in [1.82, 2.24) is 5.32 Å². The number of hydrogen-bond acceptors (Lipinski definition) is 4. The maximum atomic E-state index is 12.9. The summed E-state index contributed by atoms with van der Waals surface area (Å²) in [6.07, 6.45) is 0.296. The quantitative estimate of drug-likeness (QED) is 0.906. The van der Waals surface area contributed by atoms with Crippen LogP contribution in [-0.4, -0.2) is 5.91 Å². The van der Waals surface area contributed by atoms with E-state index in [1.165, 1.54) is 23.9 Å². The molecule has 1 aliphatic rings. The predicted molar refractivity (Wildman–Crippen MR) is 90.2 cm³/mol. The van der Waals surface area contributed by atoms with Gasteiger partial charge in [-0.3, -0.25) is 4.79 Å². The van der Waals surface area contributed by atoms with Gasteiger partial charge in [-0.2, -0.15) is 5.26 Å². The first-order valence-corrected chi connectivity index (χ1v) is 8.88. The molecule has 0 spiro atoms. The number of thiophene rings is 1. The van der Waals surface area contributed by atoms with Crippen molar-refractivity contribution in [3.05, 3.63) is 68.6 Å². The molecule has 116 valence electrons. The summed E-state index contributed by atoms with van der Waals surface area (Å²) in [7, 11) is 0. The molecule has 23 heavy (non-hydrogen) atoms. The van der Waals surface area contributed by atoms with Gasteiger partial charge in [0.2, 0.25) is 5.91 Å². The standard InChI is InChI=1S/C17H13FN2OS2/c18-12-5-3-11(4-6-12)10-23-17-14(9-19)13(8-16(21)20-17)15-2-1-7-22-15/h1-7,13H,8,10H2,(H,20,21)/t13-/m1/s1. The van der Waals surface area contributed by atoms with Crippen LogP contribution >= 0.6 is 23.1 Å². The summed E-state index contributed by atoms with van der Waals surface area (Å²) in [5.41, 5.74) is 1.54. The van der Waals surface area contributed by atoms with E-state index < -0.39 is 0 Å². The Morgan fingerprint density at radius 3 is 2.78 bits per heavy atom. The highest BCUT2D eigenvalue weighted by Crippen LogP contribution is 2.38. The van der Waals surface area contributed by atoms with Gasteiger partial charge in [-0.05, 0) is 29.1 Å². The lowest BCUT2D eigenvalue weighted by atomic mass is 9.93. The Morgan fingerprint density at radius 1 is 1.35 bits per heavy atom. The van der Waals surface area contributed by atoms with Gasteiger partial charge in [-0.15, -0.1) is 23.1 Å². The molecule has 1 N–H and O–H groups in total. The van der Waals surface area contributed by atoms with E-state index >= 15 is 0 Å². The number of carbonyl (C=O) groups is 1. The third-order valence-corrected chi connectivity index (χ3v) is 5.61. The second-order valence-corrected chi connectivity index (χ2v) is 7.05. The van der Waals surface area contributed by atoms with Crippen LogP contribution in [0.15, 0.2) is 52.4 Å². The minimum absolute atomic E-state index is 0.0796. The number of rotatable bonds is 4. The van der Waals surface area contributed by atoms with Crippen molar-refractivity contribution in [3.63, 3.8) is 0 Å². The summed E-state index contributed by atoms with van der Waals surface area (Å²) in [5, 5.41) is 14.9. The number of allylic oxidation sites excluding steroid dienone is 1. The molecule has 1 aliphatic heterocycles. The monoisotopic (exact) mass is 344 g/mol. The molecule has 3 rings (SSSR count). The van der Waals surface area contributed by atoms with Crippen LogP contribution in [-0.2, 0) is 10.5 Å². The van der Waals surface area contributed by atoms with Gasteiger partial charge in [0.1, 0.15) is 5.82 Å². The maximum Gasteiger partial charge on any atom is 0.225 e. The molecule has 1 aromatic carbocycles. The van der Waals surface area contributed by atoms with Crippen molar-refractivity contribution in [2.45, 2.75) is 18.1 Å². The smallest absolute Gasteiger partial charge is 0.225 e. The molecule has 1 aromatic heterocycles. The first kappa shape index (κ1) is 15.8. The molecule has 1 amide bonds. The van der Waals surface area contributed by atoms with Gasteiger partial charge < -0.3 is 5.32 Å². The fourth-order valence-corrected chi connectivity index (χ4v) is 4.27. The molecular formula is C17H13FN2OS2. The number of nitriles is 1. The van der Waals surface area contributed by atoms with Crippen LogP contribution in [0.2, 0.25) is 0 Å². The minimum atomic E-state index is -0.278. The van der Waals surface area contributed by atoms with Crippen LogP contribution < -0.4 is 5.32 Å². The molecule has 6 heteroatoms. The predicted octanol–water partition coefficient (Wildman–Crippen LogP) is 4.16. The normalized spacial score (nSPS) is 17.7. The van der Waals surface area contributed by atoms with Crippen LogP contribution in [0, 0.1) is 17.1 Å². The molecule has 2 heterocycles. The van der Waals surface area contributed by atoms with Crippen LogP contribution in [0.4, 0.5) is 4.39 Å². The van der Waals surface area contributed by atoms with Gasteiger partial charge in [0.15, 0.2) is 0 Å². The van der Waals surface area contributed by atoms with Crippen molar-refractivity contribution < 1.29 is 9.18 Å². The SMILES string of the molecule is N#CC1=C(SCc2ccc(F)cc2)NC(=O)C[C@H]1c1cccs1. The molecule has 0 saturated heterocycles. The van der Waals surface area contributed by atoms with Gasteiger partial charge >= 0.3 is 0 Å². The fraction of sp³-hybridized carbons (Fsp3) is 0.176. The first-order chi connectivity index (χ1) is 11.2. The van der Waals surface area contributed by atoms with E-state index in [-0.39, 0.29) is 17.6 Å². The molecule has 0 radical (unpaired) electrons. The molecular weight excluding hydrogens is 331 g/mol. The maximum absolute atomic E-state index is 12.9. The van der Waals surface area contributed by atoms with Crippen molar-refractivity contribution in [3.8, 4) is 6.07 Å². The van der Waals surface area contributed by atoms with Gasteiger partial charge in [-0.25, -0.2) is 4.39 Å². The number of benzene rings is 1. The van der Waals surface area contributed by atoms with Gasteiger partial charge in [0, 0.05) is 23.0 Å². The Balaban J connectivity index is 1.83. The van der Waals surface area contributed by atoms with E-state index in [4.69, 9.17) is 0 Å². The molecule has 0 saturated carbocycles. The number of nitrogens with one attached hydrogen (secondary N) is 1. The van der Waals surface area contributed by atoms with Crippen LogP contribution in [0.1, 0.15) is 22.8 Å². The largest absolute Gasteiger partial charge is 0.320 e. The molecule has 0 unspecified atom stereocenters. The number of hydrogen-bond donors (Lipinski definition) is 1. The Morgan fingerprint density at radius 2 is 2.13 bits per heavy atom. The Labute approximate surface area is 141 Å². The van der Waals surface area contributed by atoms with Crippen LogP contribution in [0.25, 0.3) is 0 Å². The topological polar surface area (TPSA) is 52.9 Å². The number of nitrogens with zero attached hydrogens (tertiary/aromatic N) is 1. The Bertz CT molecular complexity index is 776. The average molecular weight is 344 g/mol. The minimum Gasteiger partial charge on any atom is -0.320 e. The lowest BCUT2D eigenvalue weighted by Gasteiger charge is -2.24. The lowest BCUT2D eigenvalue weighted by Crippen LogP contribution is -2.30. The second-order valence-electron chi connectivity index (χ2n) is 5.09. The van der Waals surface area contributed by atoms with Crippen molar-refractivity contribution in [2.75, 3.05) is 0 Å². The van der Waals surface area contributed by atoms with E-state index in [1.54, 1.807) is 23.5 Å². The van der Waals surface area contributed by atoms with Crippen LogP contribution in [0.5, 0.6) is 0 Å². The molecule has 3 nitrogen and oxygen atoms in total. The zero-order valence-corrected chi connectivity index (χ0v) is 13.7. The fourth-order valence-electron chi connectivity index (χ4n) is 2.40. The van der Waals surface area contributed by atoms with Gasteiger partial charge in [-0.1, -0.05) is 18.2 Å². The number of carbonyl (C=O) groups excluding carboxylic acids is 1. The van der Waals surface area contributed by atoms with E-state index in [9.17, 15) is 14.4 Å². The van der Waals surface area contributed by atoms with Gasteiger partial charge in [0.25, 0.3) is 0 Å². The van der Waals surface area contributed by atoms with Crippen LogP contribution in [0.3, 0.4) is 0 Å². The summed E-state index contributed by atoms with van der Waals surface area (Å²) < 4.78 is 12.9. The summed E-state index contributed by atoms with van der Waals surface area (Å²) in [6.45, 7) is 0. The summed E-state index contributed by atoms with van der Waals surface area (Å²) >= 11 is 2.95. The summed E-state index contributed by atoms with van der Waals surface area (Å²) in [4.78, 5) is 13.0. The third-order valence-electron chi connectivity index (χ3n) is 3.54. The van der Waals surface area contributed by atoms with E-state index in [0.717, 1.165) is 10.4 Å². The molecule has 0 bridgehead atoms. The molecule has 0 fully saturated rings. The zero-order chi connectivity index (χ0) is 16.2. The first-order valence-electron chi connectivity index (χ1n) is 7.02. The zero-order valence-electron chi connectivity index (χ0n) is 12.1. The molecule has 1 atom stereocenters. The summed E-state index contributed by atoms with van der Waals surface area (Å²) in [6, 6.07) is 12.3. The molecule has 0 aliphatic carbocycles. The van der Waals surface area contributed by atoms with Crippen molar-refractivity contribution in [2.24, 2.45) is 0 Å². The number of halogens is 1. The average Bonchev–Trinajstić information content (AvgIpc) is 3.08. The Kier molecular flexibility index (Phi) is 4.79. The van der Waals surface area contributed by atoms with E-state index in [1.807, 2.05) is 17.5 Å². The summed E-state index contributed by atoms with van der Waals surface area (Å²) in [5.74, 6) is 0.0333. The van der Waals surface area contributed by atoms with Crippen molar-refractivity contribution >= 4 is 29.0 Å². The van der Waals surface area contributed by atoms with Gasteiger partial charge in [0.05, 0.1) is 16.7 Å². The lowest BCUT2D eigenvalue weighted by molar-refractivity contribution is -0.120. The number of amides is 1. The highest BCUT2D eigenvalue weighted by atomic mass is 32.2. The Hall–Kier alpha value is -2.10. The number of thioether (sulfide) groups is 1. The highest BCUT2D eigenvalue weighted by molar-refractivity contribution is 8.02. The highest BCUT2D eigenvalue weighted by Gasteiger charge is 2.30. The third kappa shape index (κ3) is 3.63. The van der Waals surface area contributed by atoms with E-state index in [2.05, 4.69) is 11.4 Å². The van der Waals surface area contributed by atoms with Crippen molar-refractivity contribution in [1.29, 1.82) is 5.26 Å².